The van der Waals surface area contributed by atoms with E-state index >= 15 is 0 Å². The molecule has 0 radical (unpaired) electrons. The minimum atomic E-state index is -0.478. The lowest BCUT2D eigenvalue weighted by Crippen LogP contribution is -2.25. The van der Waals surface area contributed by atoms with E-state index in [-0.39, 0.29) is 11.3 Å². The van der Waals surface area contributed by atoms with Crippen molar-refractivity contribution in [3.63, 3.8) is 0 Å². The Balaban J connectivity index is 1.96. The largest absolute Gasteiger partial charge is 0.508 e. The van der Waals surface area contributed by atoms with E-state index in [0.29, 0.717) is 11.7 Å². The van der Waals surface area contributed by atoms with E-state index in [1.807, 2.05) is 6.07 Å². The molecule has 116 valence electrons. The van der Waals surface area contributed by atoms with Gasteiger partial charge in [0, 0.05) is 24.0 Å². The highest BCUT2D eigenvalue weighted by atomic mass is 16.3. The number of nitriles is 1. The molecular weight excluding hydrogens is 278 g/mol. The number of hydrogen-bond acceptors (Lipinski definition) is 4. The average molecular weight is 299 g/mol. The number of rotatable bonds is 4. The van der Waals surface area contributed by atoms with E-state index < -0.39 is 5.91 Å². The summed E-state index contributed by atoms with van der Waals surface area (Å²) in [5.41, 5.74) is 0.494. The summed E-state index contributed by atoms with van der Waals surface area (Å²) in [5, 5.41) is 24.3. The monoisotopic (exact) mass is 299 g/mol. The first-order chi connectivity index (χ1) is 10.7. The molecular formula is C17H21N3O2. The van der Waals surface area contributed by atoms with Crippen molar-refractivity contribution in [3.8, 4) is 11.8 Å². The van der Waals surface area contributed by atoms with Crippen LogP contribution in [0.15, 0.2) is 36.0 Å². The summed E-state index contributed by atoms with van der Waals surface area (Å²) in [4.78, 5) is 12.1. The second-order valence-corrected chi connectivity index (χ2v) is 5.53. The summed E-state index contributed by atoms with van der Waals surface area (Å²) in [6, 6.07) is 8.49. The predicted molar refractivity (Wildman–Crippen MR) is 85.1 cm³/mol. The van der Waals surface area contributed by atoms with Gasteiger partial charge in [0.2, 0.25) is 0 Å². The molecule has 1 aliphatic carbocycles. The van der Waals surface area contributed by atoms with Gasteiger partial charge in [0.05, 0.1) is 0 Å². The molecule has 3 N–H and O–H groups in total. The predicted octanol–water partition coefficient (Wildman–Crippen LogP) is 3.05. The van der Waals surface area contributed by atoms with Gasteiger partial charge in [-0.3, -0.25) is 4.79 Å². The summed E-state index contributed by atoms with van der Waals surface area (Å²) >= 11 is 0. The summed E-state index contributed by atoms with van der Waals surface area (Å²) in [6.07, 6.45) is 8.53. The van der Waals surface area contributed by atoms with Gasteiger partial charge in [-0.1, -0.05) is 31.7 Å². The Kier molecular flexibility index (Phi) is 5.84. The van der Waals surface area contributed by atoms with Gasteiger partial charge in [-0.15, -0.1) is 0 Å². The molecule has 0 bridgehead atoms. The van der Waals surface area contributed by atoms with Crippen LogP contribution in [0.5, 0.6) is 5.75 Å². The van der Waals surface area contributed by atoms with Crippen molar-refractivity contribution in [2.24, 2.45) is 0 Å². The fourth-order valence-electron chi connectivity index (χ4n) is 2.58. The van der Waals surface area contributed by atoms with Gasteiger partial charge >= 0.3 is 0 Å². The molecule has 1 aliphatic rings. The number of hydrogen-bond donors (Lipinski definition) is 3. The third-order valence-corrected chi connectivity index (χ3v) is 3.79. The lowest BCUT2D eigenvalue weighted by atomic mass is 10.1. The number of amides is 1. The highest BCUT2D eigenvalue weighted by Crippen LogP contribution is 2.18. The van der Waals surface area contributed by atoms with Crippen LogP contribution in [0.1, 0.15) is 38.5 Å². The summed E-state index contributed by atoms with van der Waals surface area (Å²) in [5.74, 6) is -0.411. The molecule has 5 nitrogen and oxygen atoms in total. The van der Waals surface area contributed by atoms with Gasteiger partial charge in [-0.25, -0.2) is 0 Å². The molecule has 0 heterocycles. The molecule has 5 heteroatoms. The number of carbonyl (C=O) groups is 1. The Labute approximate surface area is 130 Å². The van der Waals surface area contributed by atoms with Crippen LogP contribution in [0, 0.1) is 11.3 Å². The standard InChI is InChI=1S/C17H21N3O2/c18-11-13(12-19-14-6-3-1-2-4-7-14)17(22)20-15-8-5-9-16(21)10-15/h5,8-10,12,14,19,21H,1-4,6-7H2,(H,20,22)/b13-12-. The first-order valence-corrected chi connectivity index (χ1v) is 7.66. The highest BCUT2D eigenvalue weighted by molar-refractivity contribution is 6.06. The molecule has 0 aliphatic heterocycles. The fraction of sp³-hybridized carbons (Fsp3) is 0.412. The minimum Gasteiger partial charge on any atom is -0.508 e. The molecule has 1 aromatic carbocycles. The molecule has 1 amide bonds. The van der Waals surface area contributed by atoms with E-state index in [1.165, 1.54) is 44.0 Å². The minimum absolute atomic E-state index is 0.0348. The van der Waals surface area contributed by atoms with Gasteiger partial charge in [-0.2, -0.15) is 5.26 Å². The van der Waals surface area contributed by atoms with Crippen molar-refractivity contribution in [2.45, 2.75) is 44.6 Å². The molecule has 2 rings (SSSR count). The lowest BCUT2D eigenvalue weighted by molar-refractivity contribution is -0.112. The smallest absolute Gasteiger partial charge is 0.267 e. The summed E-state index contributed by atoms with van der Waals surface area (Å²) in [7, 11) is 0. The molecule has 0 aromatic heterocycles. The van der Waals surface area contributed by atoms with Crippen LogP contribution in [-0.4, -0.2) is 17.1 Å². The normalized spacial score (nSPS) is 16.4. The molecule has 0 unspecified atom stereocenters. The van der Waals surface area contributed by atoms with Crippen molar-refractivity contribution >= 4 is 11.6 Å². The Hall–Kier alpha value is -2.48. The number of anilines is 1. The number of nitrogens with one attached hydrogen (secondary N) is 2. The van der Waals surface area contributed by atoms with Crippen LogP contribution < -0.4 is 10.6 Å². The molecule has 1 aromatic rings. The van der Waals surface area contributed by atoms with Crippen molar-refractivity contribution in [1.82, 2.24) is 5.32 Å². The van der Waals surface area contributed by atoms with Crippen molar-refractivity contribution in [2.75, 3.05) is 5.32 Å². The maximum absolute atomic E-state index is 12.1. The third kappa shape index (κ3) is 4.81. The maximum atomic E-state index is 12.1. The second-order valence-electron chi connectivity index (χ2n) is 5.53. The Morgan fingerprint density at radius 2 is 2.00 bits per heavy atom. The zero-order valence-corrected chi connectivity index (χ0v) is 12.5. The van der Waals surface area contributed by atoms with Crippen LogP contribution in [0.3, 0.4) is 0 Å². The zero-order valence-electron chi connectivity index (χ0n) is 12.5. The van der Waals surface area contributed by atoms with Crippen LogP contribution in [-0.2, 0) is 4.79 Å². The Morgan fingerprint density at radius 3 is 2.64 bits per heavy atom. The molecule has 0 saturated heterocycles. The van der Waals surface area contributed by atoms with Gasteiger partial charge in [-0.05, 0) is 25.0 Å². The molecule has 1 saturated carbocycles. The van der Waals surface area contributed by atoms with E-state index in [1.54, 1.807) is 12.1 Å². The van der Waals surface area contributed by atoms with Gasteiger partial charge in [0.1, 0.15) is 17.4 Å². The van der Waals surface area contributed by atoms with Crippen LogP contribution in [0.25, 0.3) is 0 Å². The first-order valence-electron chi connectivity index (χ1n) is 7.66. The fourth-order valence-corrected chi connectivity index (χ4v) is 2.58. The van der Waals surface area contributed by atoms with E-state index in [4.69, 9.17) is 5.26 Å². The number of nitrogens with zero attached hydrogens (tertiary/aromatic N) is 1. The Morgan fingerprint density at radius 1 is 1.27 bits per heavy atom. The number of phenolic OH excluding ortho intramolecular Hbond substituents is 1. The van der Waals surface area contributed by atoms with Crippen molar-refractivity contribution in [1.29, 1.82) is 5.26 Å². The lowest BCUT2D eigenvalue weighted by Gasteiger charge is -2.14. The van der Waals surface area contributed by atoms with Crippen LogP contribution >= 0.6 is 0 Å². The third-order valence-electron chi connectivity index (χ3n) is 3.79. The van der Waals surface area contributed by atoms with Crippen LogP contribution in [0.2, 0.25) is 0 Å². The van der Waals surface area contributed by atoms with Gasteiger partial charge in [0.25, 0.3) is 5.91 Å². The van der Waals surface area contributed by atoms with Crippen molar-refractivity contribution in [3.05, 3.63) is 36.0 Å². The molecule has 0 spiro atoms. The zero-order chi connectivity index (χ0) is 15.8. The summed E-state index contributed by atoms with van der Waals surface area (Å²) < 4.78 is 0. The van der Waals surface area contributed by atoms with E-state index in [9.17, 15) is 9.90 Å². The molecule has 0 atom stereocenters. The second kappa shape index (κ2) is 8.08. The number of aromatic hydroxyl groups is 1. The first kappa shape index (κ1) is 15.9. The molecule has 22 heavy (non-hydrogen) atoms. The highest BCUT2D eigenvalue weighted by Gasteiger charge is 2.13. The quantitative estimate of drug-likeness (QED) is 0.453. The van der Waals surface area contributed by atoms with E-state index in [0.717, 1.165) is 12.8 Å². The Bertz CT molecular complexity index is 582. The van der Waals surface area contributed by atoms with E-state index in [2.05, 4.69) is 10.6 Å². The average Bonchev–Trinajstić information content (AvgIpc) is 2.76. The van der Waals surface area contributed by atoms with Gasteiger partial charge in [0.15, 0.2) is 0 Å². The number of carbonyl (C=O) groups excluding carboxylic acids is 1. The van der Waals surface area contributed by atoms with Crippen molar-refractivity contribution < 1.29 is 9.90 Å². The number of phenols is 1. The van der Waals surface area contributed by atoms with Crippen LogP contribution in [0.4, 0.5) is 5.69 Å². The number of benzene rings is 1. The SMILES string of the molecule is N#C/C(=C/NC1CCCCCC1)C(=O)Nc1cccc(O)c1. The summed E-state index contributed by atoms with van der Waals surface area (Å²) in [6.45, 7) is 0. The molecule has 1 fully saturated rings. The van der Waals surface area contributed by atoms with Gasteiger partial charge < -0.3 is 15.7 Å². The topological polar surface area (TPSA) is 85.2 Å². The maximum Gasteiger partial charge on any atom is 0.267 e.